The van der Waals surface area contributed by atoms with Crippen LogP contribution < -0.4 is 10.5 Å². The van der Waals surface area contributed by atoms with Gasteiger partial charge in [0.25, 0.3) is 0 Å². The van der Waals surface area contributed by atoms with Crippen LogP contribution in [0.2, 0.25) is 5.02 Å². The van der Waals surface area contributed by atoms with Crippen molar-refractivity contribution in [2.75, 3.05) is 6.54 Å². The summed E-state index contributed by atoms with van der Waals surface area (Å²) in [5, 5.41) is 0.0328. The lowest BCUT2D eigenvalue weighted by atomic mass is 10.2. The van der Waals surface area contributed by atoms with Gasteiger partial charge in [0.05, 0.1) is 9.50 Å². The molecule has 0 radical (unpaired) electrons. The summed E-state index contributed by atoms with van der Waals surface area (Å²) in [6, 6.07) is 6.23. The molecule has 2 N–H and O–H groups in total. The van der Waals surface area contributed by atoms with E-state index in [1.165, 1.54) is 12.1 Å². The van der Waals surface area contributed by atoms with E-state index in [1.807, 2.05) is 6.07 Å². The Hall–Kier alpha value is -1.17. The van der Waals surface area contributed by atoms with Crippen molar-refractivity contribution in [3.8, 4) is 11.6 Å². The van der Waals surface area contributed by atoms with E-state index in [4.69, 9.17) is 22.1 Å². The SMILES string of the molecule is NCCc1ccc(Oc2cc(F)c(Cl)cc2Br)nc1. The predicted octanol–water partition coefficient (Wildman–Crippen LogP) is 3.93. The van der Waals surface area contributed by atoms with E-state index < -0.39 is 5.82 Å². The molecule has 1 heterocycles. The van der Waals surface area contributed by atoms with E-state index >= 15 is 0 Å². The Kier molecular flexibility index (Phi) is 4.74. The molecule has 2 rings (SSSR count). The quantitative estimate of drug-likeness (QED) is 0.854. The van der Waals surface area contributed by atoms with E-state index in [-0.39, 0.29) is 5.02 Å². The highest BCUT2D eigenvalue weighted by Gasteiger charge is 2.09. The van der Waals surface area contributed by atoms with Crippen LogP contribution in [0.5, 0.6) is 11.6 Å². The highest BCUT2D eigenvalue weighted by atomic mass is 79.9. The van der Waals surface area contributed by atoms with Crippen LogP contribution in [0, 0.1) is 5.82 Å². The minimum atomic E-state index is -0.542. The summed E-state index contributed by atoms with van der Waals surface area (Å²) in [7, 11) is 0. The third-order valence-corrected chi connectivity index (χ3v) is 3.33. The molecular weight excluding hydrogens is 335 g/mol. The number of rotatable bonds is 4. The molecule has 1 aromatic carbocycles. The average molecular weight is 346 g/mol. The molecule has 3 nitrogen and oxygen atoms in total. The third-order valence-electron chi connectivity index (χ3n) is 2.42. The number of halogens is 3. The van der Waals surface area contributed by atoms with Gasteiger partial charge in [0.2, 0.25) is 5.88 Å². The first-order valence-electron chi connectivity index (χ1n) is 5.57. The molecule has 0 unspecified atom stereocenters. The smallest absolute Gasteiger partial charge is 0.219 e. The van der Waals surface area contributed by atoms with Crippen LogP contribution >= 0.6 is 27.5 Å². The minimum Gasteiger partial charge on any atom is -0.438 e. The van der Waals surface area contributed by atoms with E-state index in [2.05, 4.69) is 20.9 Å². The molecule has 1 aromatic heterocycles. The maximum absolute atomic E-state index is 13.4. The van der Waals surface area contributed by atoms with Crippen molar-refractivity contribution in [2.45, 2.75) is 6.42 Å². The summed E-state index contributed by atoms with van der Waals surface area (Å²) >= 11 is 8.91. The summed E-state index contributed by atoms with van der Waals surface area (Å²) in [5.74, 6) is 0.156. The molecule has 0 aliphatic heterocycles. The number of hydrogen-bond acceptors (Lipinski definition) is 3. The summed E-state index contributed by atoms with van der Waals surface area (Å²) in [6.45, 7) is 0.565. The Morgan fingerprint density at radius 3 is 2.79 bits per heavy atom. The fourth-order valence-corrected chi connectivity index (χ4v) is 2.20. The molecule has 0 aliphatic rings. The third kappa shape index (κ3) is 3.65. The molecule has 0 aliphatic carbocycles. The fraction of sp³-hybridized carbons (Fsp3) is 0.154. The van der Waals surface area contributed by atoms with Gasteiger partial charge < -0.3 is 10.5 Å². The molecule has 19 heavy (non-hydrogen) atoms. The fourth-order valence-electron chi connectivity index (χ4n) is 1.48. The molecule has 6 heteroatoms. The van der Waals surface area contributed by atoms with Gasteiger partial charge >= 0.3 is 0 Å². The van der Waals surface area contributed by atoms with E-state index in [9.17, 15) is 4.39 Å². The monoisotopic (exact) mass is 344 g/mol. The van der Waals surface area contributed by atoms with Gasteiger partial charge in [-0.3, -0.25) is 0 Å². The molecule has 0 saturated carbocycles. The van der Waals surface area contributed by atoms with Gasteiger partial charge in [-0.2, -0.15) is 0 Å². The lowest BCUT2D eigenvalue weighted by Crippen LogP contribution is -2.02. The maximum atomic E-state index is 13.4. The first-order valence-corrected chi connectivity index (χ1v) is 6.74. The second-order valence-electron chi connectivity index (χ2n) is 3.84. The van der Waals surface area contributed by atoms with Gasteiger partial charge in [0.15, 0.2) is 0 Å². The number of ether oxygens (including phenoxy) is 1. The Balaban J connectivity index is 2.19. The van der Waals surface area contributed by atoms with Crippen molar-refractivity contribution < 1.29 is 9.13 Å². The van der Waals surface area contributed by atoms with Crippen LogP contribution in [-0.2, 0) is 6.42 Å². The van der Waals surface area contributed by atoms with Gasteiger partial charge in [0, 0.05) is 18.3 Å². The molecule has 0 atom stereocenters. The molecular formula is C13H11BrClFN2O. The standard InChI is InChI=1S/C13H11BrClFN2O/c14-9-5-10(15)11(16)6-12(9)19-13-2-1-8(3-4-17)7-18-13/h1-2,5-7H,3-4,17H2. The topological polar surface area (TPSA) is 48.1 Å². The number of pyridine rings is 1. The van der Waals surface area contributed by atoms with Crippen molar-refractivity contribution in [3.63, 3.8) is 0 Å². The Morgan fingerprint density at radius 2 is 2.16 bits per heavy atom. The highest BCUT2D eigenvalue weighted by Crippen LogP contribution is 2.33. The molecule has 2 aromatic rings. The summed E-state index contributed by atoms with van der Waals surface area (Å²) in [4.78, 5) is 4.13. The molecule has 0 amide bonds. The van der Waals surface area contributed by atoms with Gasteiger partial charge in [-0.1, -0.05) is 17.7 Å². The Labute approximate surface area is 123 Å². The van der Waals surface area contributed by atoms with Crippen molar-refractivity contribution in [2.24, 2.45) is 5.73 Å². The van der Waals surface area contributed by atoms with Crippen LogP contribution in [0.1, 0.15) is 5.56 Å². The number of benzene rings is 1. The van der Waals surface area contributed by atoms with Crippen LogP contribution in [0.4, 0.5) is 4.39 Å². The van der Waals surface area contributed by atoms with Crippen molar-refractivity contribution >= 4 is 27.5 Å². The largest absolute Gasteiger partial charge is 0.438 e. The zero-order valence-electron chi connectivity index (χ0n) is 9.87. The number of nitrogens with zero attached hydrogens (tertiary/aromatic N) is 1. The van der Waals surface area contributed by atoms with Crippen molar-refractivity contribution in [1.29, 1.82) is 0 Å². The average Bonchev–Trinajstić information content (AvgIpc) is 2.38. The lowest BCUT2D eigenvalue weighted by molar-refractivity contribution is 0.455. The molecule has 100 valence electrons. The van der Waals surface area contributed by atoms with Gasteiger partial charge in [-0.25, -0.2) is 9.37 Å². The zero-order chi connectivity index (χ0) is 13.8. The van der Waals surface area contributed by atoms with Gasteiger partial charge in [0.1, 0.15) is 11.6 Å². The van der Waals surface area contributed by atoms with E-state index in [1.54, 1.807) is 12.3 Å². The van der Waals surface area contributed by atoms with Crippen molar-refractivity contribution in [3.05, 3.63) is 51.3 Å². The van der Waals surface area contributed by atoms with Crippen LogP contribution in [0.3, 0.4) is 0 Å². The first kappa shape index (κ1) is 14.2. The van der Waals surface area contributed by atoms with Crippen LogP contribution in [-0.4, -0.2) is 11.5 Å². The summed E-state index contributed by atoms with van der Waals surface area (Å²) < 4.78 is 19.4. The minimum absolute atomic E-state index is 0.0328. The van der Waals surface area contributed by atoms with Crippen molar-refractivity contribution in [1.82, 2.24) is 4.98 Å². The number of aromatic nitrogens is 1. The number of hydrogen-bond donors (Lipinski definition) is 1. The Morgan fingerprint density at radius 1 is 1.37 bits per heavy atom. The van der Waals surface area contributed by atoms with Gasteiger partial charge in [-0.15, -0.1) is 0 Å². The summed E-state index contributed by atoms with van der Waals surface area (Å²) in [6.07, 6.45) is 2.44. The molecule has 0 saturated heterocycles. The molecule has 0 fully saturated rings. The van der Waals surface area contributed by atoms with Gasteiger partial charge in [-0.05, 0) is 40.5 Å². The summed E-state index contributed by atoms with van der Waals surface area (Å²) in [5.41, 5.74) is 6.48. The molecule has 0 bridgehead atoms. The zero-order valence-corrected chi connectivity index (χ0v) is 12.2. The Bertz CT molecular complexity index is 578. The highest BCUT2D eigenvalue weighted by molar-refractivity contribution is 9.10. The second kappa shape index (κ2) is 6.32. The normalized spacial score (nSPS) is 10.5. The predicted molar refractivity (Wildman–Crippen MR) is 76.2 cm³/mol. The van der Waals surface area contributed by atoms with E-state index in [0.717, 1.165) is 12.0 Å². The van der Waals surface area contributed by atoms with E-state index in [0.29, 0.717) is 22.6 Å². The lowest BCUT2D eigenvalue weighted by Gasteiger charge is -2.08. The first-order chi connectivity index (χ1) is 9.10. The number of nitrogens with two attached hydrogens (primary N) is 1. The molecule has 0 spiro atoms. The maximum Gasteiger partial charge on any atom is 0.219 e. The van der Waals surface area contributed by atoms with Crippen LogP contribution in [0.25, 0.3) is 0 Å². The second-order valence-corrected chi connectivity index (χ2v) is 5.10. The van der Waals surface area contributed by atoms with Crippen LogP contribution in [0.15, 0.2) is 34.9 Å².